The van der Waals surface area contributed by atoms with Gasteiger partial charge in [-0.3, -0.25) is 14.6 Å². The van der Waals surface area contributed by atoms with Crippen molar-refractivity contribution in [1.82, 2.24) is 4.98 Å². The average Bonchev–Trinajstić information content (AvgIpc) is 2.51. The second-order valence-corrected chi connectivity index (χ2v) is 4.45. The van der Waals surface area contributed by atoms with Crippen LogP contribution in [0.1, 0.15) is 25.3 Å². The molecule has 2 rings (SSSR count). The summed E-state index contributed by atoms with van der Waals surface area (Å²) in [6.07, 6.45) is 1.76. The summed E-state index contributed by atoms with van der Waals surface area (Å²) in [7, 11) is 0. The highest BCUT2D eigenvalue weighted by molar-refractivity contribution is 5.82. The van der Waals surface area contributed by atoms with Crippen LogP contribution in [0.15, 0.2) is 36.5 Å². The van der Waals surface area contributed by atoms with Crippen LogP contribution in [-0.2, 0) is 25.7 Å². The molecule has 0 radical (unpaired) electrons. The highest BCUT2D eigenvalue weighted by Crippen LogP contribution is 2.17. The number of carbonyl (C=O) groups is 2. The number of carbonyl (C=O) groups excluding carboxylic acids is 2. The van der Waals surface area contributed by atoms with Gasteiger partial charge >= 0.3 is 11.9 Å². The normalized spacial score (nSPS) is 10.3. The molecule has 21 heavy (non-hydrogen) atoms. The molecule has 0 N–H and O–H groups in total. The van der Waals surface area contributed by atoms with E-state index in [2.05, 4.69) is 4.98 Å². The number of hydrogen-bond donors (Lipinski definition) is 0. The Bertz CT molecular complexity index is 634. The number of para-hydroxylation sites is 1. The Kier molecular flexibility index (Phi) is 5.26. The predicted octanol–water partition coefficient (Wildman–Crippen LogP) is 2.62. The number of rotatable bonds is 6. The first-order chi connectivity index (χ1) is 10.2. The van der Waals surface area contributed by atoms with Crippen LogP contribution in [-0.4, -0.2) is 23.5 Å². The number of fused-ring (bicyclic) bond motifs is 1. The van der Waals surface area contributed by atoms with Crippen LogP contribution in [0.5, 0.6) is 0 Å². The molecule has 0 unspecified atom stereocenters. The molecule has 0 aliphatic rings. The predicted molar refractivity (Wildman–Crippen MR) is 77.4 cm³/mol. The Balaban J connectivity index is 1.90. The van der Waals surface area contributed by atoms with Crippen molar-refractivity contribution in [3.05, 3.63) is 42.1 Å². The van der Waals surface area contributed by atoms with Gasteiger partial charge in [0.2, 0.25) is 0 Å². The molecule has 0 saturated heterocycles. The molecule has 0 fully saturated rings. The number of nitrogens with zero attached hydrogens (tertiary/aromatic N) is 1. The summed E-state index contributed by atoms with van der Waals surface area (Å²) in [6, 6.07) is 9.48. The van der Waals surface area contributed by atoms with Crippen molar-refractivity contribution in [2.75, 3.05) is 6.61 Å². The van der Waals surface area contributed by atoms with E-state index >= 15 is 0 Å². The van der Waals surface area contributed by atoms with Crippen molar-refractivity contribution in [2.24, 2.45) is 0 Å². The lowest BCUT2D eigenvalue weighted by Gasteiger charge is -2.07. The zero-order valence-corrected chi connectivity index (χ0v) is 11.9. The first-order valence-corrected chi connectivity index (χ1v) is 6.84. The molecule has 0 atom stereocenters. The van der Waals surface area contributed by atoms with Crippen LogP contribution in [0.2, 0.25) is 0 Å². The molecular weight excluding hydrogens is 270 g/mol. The van der Waals surface area contributed by atoms with Crippen LogP contribution < -0.4 is 0 Å². The van der Waals surface area contributed by atoms with E-state index in [0.717, 1.165) is 16.5 Å². The van der Waals surface area contributed by atoms with E-state index in [1.165, 1.54) is 0 Å². The number of ether oxygens (including phenoxy) is 2. The smallest absolute Gasteiger partial charge is 0.306 e. The Morgan fingerprint density at radius 1 is 1.05 bits per heavy atom. The highest BCUT2D eigenvalue weighted by Gasteiger charge is 2.09. The fourth-order valence-corrected chi connectivity index (χ4v) is 1.95. The van der Waals surface area contributed by atoms with Crippen molar-refractivity contribution in [2.45, 2.75) is 26.4 Å². The molecule has 5 nitrogen and oxygen atoms in total. The lowest BCUT2D eigenvalue weighted by atomic mass is 10.1. The highest BCUT2D eigenvalue weighted by atomic mass is 16.5. The lowest BCUT2D eigenvalue weighted by molar-refractivity contribution is -0.150. The number of aromatic nitrogens is 1. The van der Waals surface area contributed by atoms with Crippen molar-refractivity contribution in [3.63, 3.8) is 0 Å². The summed E-state index contributed by atoms with van der Waals surface area (Å²) in [5.41, 5.74) is 1.75. The van der Waals surface area contributed by atoms with Gasteiger partial charge in [0.25, 0.3) is 0 Å². The molecule has 0 amide bonds. The quantitative estimate of drug-likeness (QED) is 0.764. The third kappa shape index (κ3) is 4.27. The van der Waals surface area contributed by atoms with Crippen molar-refractivity contribution < 1.29 is 19.1 Å². The van der Waals surface area contributed by atoms with Gasteiger partial charge in [0, 0.05) is 17.1 Å². The first-order valence-electron chi connectivity index (χ1n) is 6.84. The van der Waals surface area contributed by atoms with E-state index in [4.69, 9.17) is 9.47 Å². The zero-order chi connectivity index (χ0) is 15.1. The fraction of sp³-hybridized carbons (Fsp3) is 0.312. The second kappa shape index (κ2) is 7.38. The minimum atomic E-state index is -0.413. The molecule has 1 aromatic heterocycles. The first kappa shape index (κ1) is 15.0. The van der Waals surface area contributed by atoms with Crippen LogP contribution in [0.25, 0.3) is 10.9 Å². The van der Waals surface area contributed by atoms with Gasteiger partial charge in [0.05, 0.1) is 25.0 Å². The van der Waals surface area contributed by atoms with Gasteiger partial charge in [-0.2, -0.15) is 0 Å². The molecule has 0 aliphatic heterocycles. The van der Waals surface area contributed by atoms with Gasteiger partial charge in [0.15, 0.2) is 0 Å². The lowest BCUT2D eigenvalue weighted by Crippen LogP contribution is -2.10. The third-order valence-corrected chi connectivity index (χ3v) is 2.97. The molecule has 0 spiro atoms. The second-order valence-electron chi connectivity index (χ2n) is 4.45. The number of hydrogen-bond acceptors (Lipinski definition) is 5. The minimum Gasteiger partial charge on any atom is -0.466 e. The SMILES string of the molecule is CCOC(=O)CCC(=O)OCc1ccnc2ccccc12. The molecule has 0 saturated carbocycles. The summed E-state index contributed by atoms with van der Waals surface area (Å²) in [5, 5.41) is 0.957. The van der Waals surface area contributed by atoms with Gasteiger partial charge in [-0.05, 0) is 19.1 Å². The van der Waals surface area contributed by atoms with Gasteiger partial charge in [0.1, 0.15) is 6.61 Å². The fourth-order valence-electron chi connectivity index (χ4n) is 1.95. The van der Waals surface area contributed by atoms with Crippen LogP contribution in [0.3, 0.4) is 0 Å². The summed E-state index contributed by atoms with van der Waals surface area (Å²) in [4.78, 5) is 27.0. The van der Waals surface area contributed by atoms with E-state index < -0.39 is 5.97 Å². The van der Waals surface area contributed by atoms with Gasteiger partial charge in [-0.25, -0.2) is 0 Å². The third-order valence-electron chi connectivity index (χ3n) is 2.97. The van der Waals surface area contributed by atoms with Gasteiger partial charge < -0.3 is 9.47 Å². The Hall–Kier alpha value is -2.43. The van der Waals surface area contributed by atoms with E-state index in [0.29, 0.717) is 6.61 Å². The summed E-state index contributed by atoms with van der Waals surface area (Å²) in [6.45, 7) is 2.21. The van der Waals surface area contributed by atoms with E-state index in [1.54, 1.807) is 13.1 Å². The molecule has 1 aromatic carbocycles. The van der Waals surface area contributed by atoms with E-state index in [1.807, 2.05) is 30.3 Å². The van der Waals surface area contributed by atoms with Crippen molar-refractivity contribution >= 4 is 22.8 Å². The zero-order valence-electron chi connectivity index (χ0n) is 11.9. The van der Waals surface area contributed by atoms with Crippen LogP contribution in [0.4, 0.5) is 0 Å². The molecule has 0 bridgehead atoms. The molecule has 5 heteroatoms. The monoisotopic (exact) mass is 287 g/mol. The topological polar surface area (TPSA) is 65.5 Å². The van der Waals surface area contributed by atoms with Crippen molar-refractivity contribution in [3.8, 4) is 0 Å². The molecule has 0 aliphatic carbocycles. The van der Waals surface area contributed by atoms with Gasteiger partial charge in [-0.15, -0.1) is 0 Å². The molecular formula is C16H17NO4. The standard InChI is InChI=1S/C16H17NO4/c1-2-20-15(18)7-8-16(19)21-11-12-9-10-17-14-6-4-3-5-13(12)14/h3-6,9-10H,2,7-8,11H2,1H3. The number of pyridine rings is 1. The Morgan fingerprint density at radius 2 is 1.76 bits per heavy atom. The van der Waals surface area contributed by atoms with Crippen LogP contribution >= 0.6 is 0 Å². The summed E-state index contributed by atoms with van der Waals surface area (Å²) in [5.74, 6) is -0.798. The maximum atomic E-state index is 11.6. The molecule has 2 aromatic rings. The van der Waals surface area contributed by atoms with Crippen molar-refractivity contribution in [1.29, 1.82) is 0 Å². The number of benzene rings is 1. The largest absolute Gasteiger partial charge is 0.466 e. The minimum absolute atomic E-state index is 0.0296. The summed E-state index contributed by atoms with van der Waals surface area (Å²) >= 11 is 0. The van der Waals surface area contributed by atoms with Crippen LogP contribution in [0, 0.1) is 0 Å². The van der Waals surface area contributed by atoms with E-state index in [9.17, 15) is 9.59 Å². The number of esters is 2. The Labute approximate surface area is 122 Å². The Morgan fingerprint density at radius 3 is 2.52 bits per heavy atom. The maximum Gasteiger partial charge on any atom is 0.306 e. The van der Waals surface area contributed by atoms with Gasteiger partial charge in [-0.1, -0.05) is 18.2 Å². The maximum absolute atomic E-state index is 11.6. The molecule has 1 heterocycles. The molecule has 110 valence electrons. The summed E-state index contributed by atoms with van der Waals surface area (Å²) < 4.78 is 9.95. The average molecular weight is 287 g/mol. The van der Waals surface area contributed by atoms with E-state index in [-0.39, 0.29) is 25.4 Å².